The highest BCUT2D eigenvalue weighted by molar-refractivity contribution is 5.77. The molecule has 0 saturated carbocycles. The van der Waals surface area contributed by atoms with Crippen LogP contribution in [0.4, 0.5) is 0 Å². The van der Waals surface area contributed by atoms with Crippen LogP contribution < -0.4 is 9.47 Å². The molecule has 4 nitrogen and oxygen atoms in total. The molecule has 0 fully saturated rings. The summed E-state index contributed by atoms with van der Waals surface area (Å²) in [5, 5.41) is 0. The Kier molecular flexibility index (Phi) is 5.72. The van der Waals surface area contributed by atoms with E-state index in [2.05, 4.69) is 29.3 Å². The molecule has 2 aromatic carbocycles. The van der Waals surface area contributed by atoms with Crippen LogP contribution in [0.3, 0.4) is 0 Å². The van der Waals surface area contributed by atoms with Gasteiger partial charge in [0, 0.05) is 6.42 Å². The number of hydrogen-bond acceptors (Lipinski definition) is 4. The Hall–Kier alpha value is -2.49. The summed E-state index contributed by atoms with van der Waals surface area (Å²) in [6, 6.07) is 16.3. The number of rotatable bonds is 8. The maximum absolute atomic E-state index is 5.80. The molecule has 3 rings (SSSR count). The molecule has 0 aliphatic carbocycles. The van der Waals surface area contributed by atoms with Gasteiger partial charge >= 0.3 is 0 Å². The largest absolute Gasteiger partial charge is 0.497 e. The number of ether oxygens (including phenoxy) is 3. The second-order valence-electron chi connectivity index (χ2n) is 5.68. The minimum absolute atomic E-state index is 0.717. The molecule has 0 aromatic heterocycles. The number of nitrogens with zero attached hydrogens (tertiary/aromatic N) is 1. The van der Waals surface area contributed by atoms with Gasteiger partial charge in [-0.3, -0.25) is 4.99 Å². The van der Waals surface area contributed by atoms with Crippen molar-refractivity contribution >= 4 is 5.90 Å². The van der Waals surface area contributed by atoms with Gasteiger partial charge in [-0.05, 0) is 48.2 Å². The molecule has 0 radical (unpaired) electrons. The zero-order chi connectivity index (χ0) is 16.6. The van der Waals surface area contributed by atoms with Gasteiger partial charge in [-0.1, -0.05) is 24.3 Å². The average Bonchev–Trinajstić information content (AvgIpc) is 3.16. The fraction of sp³-hybridized carbons (Fsp3) is 0.350. The molecule has 4 heteroatoms. The Morgan fingerprint density at radius 2 is 1.58 bits per heavy atom. The van der Waals surface area contributed by atoms with Crippen molar-refractivity contribution in [3.05, 3.63) is 48.5 Å². The molecule has 24 heavy (non-hydrogen) atoms. The highest BCUT2D eigenvalue weighted by Gasteiger charge is 2.06. The first-order valence-electron chi connectivity index (χ1n) is 8.38. The van der Waals surface area contributed by atoms with Crippen LogP contribution in [0.15, 0.2) is 53.5 Å². The van der Waals surface area contributed by atoms with Crippen molar-refractivity contribution in [1.29, 1.82) is 0 Å². The normalized spacial score (nSPS) is 13.3. The van der Waals surface area contributed by atoms with Crippen LogP contribution >= 0.6 is 0 Å². The Morgan fingerprint density at radius 1 is 0.917 bits per heavy atom. The van der Waals surface area contributed by atoms with E-state index in [0.717, 1.165) is 56.4 Å². The lowest BCUT2D eigenvalue weighted by molar-refractivity contribution is 0.302. The van der Waals surface area contributed by atoms with E-state index in [-0.39, 0.29) is 0 Å². The summed E-state index contributed by atoms with van der Waals surface area (Å²) in [6.45, 7) is 2.27. The topological polar surface area (TPSA) is 40.0 Å². The smallest absolute Gasteiger partial charge is 0.183 e. The van der Waals surface area contributed by atoms with Crippen LogP contribution in [0.2, 0.25) is 0 Å². The molecule has 0 atom stereocenters. The lowest BCUT2D eigenvalue weighted by Crippen LogP contribution is -2.01. The Bertz CT molecular complexity index is 662. The monoisotopic (exact) mass is 325 g/mol. The summed E-state index contributed by atoms with van der Waals surface area (Å²) < 4.78 is 16.4. The van der Waals surface area contributed by atoms with E-state index in [1.165, 1.54) is 11.1 Å². The second-order valence-corrected chi connectivity index (χ2v) is 5.68. The molecule has 1 heterocycles. The van der Waals surface area contributed by atoms with Crippen molar-refractivity contribution in [2.45, 2.75) is 19.3 Å². The Labute approximate surface area is 143 Å². The maximum atomic E-state index is 5.80. The zero-order valence-corrected chi connectivity index (χ0v) is 14.0. The molecule has 0 saturated heterocycles. The number of aliphatic imine (C=N–C) groups is 1. The first kappa shape index (κ1) is 16.4. The van der Waals surface area contributed by atoms with Gasteiger partial charge in [-0.15, -0.1) is 0 Å². The molecule has 1 aliphatic rings. The third-order valence-electron chi connectivity index (χ3n) is 3.98. The Morgan fingerprint density at radius 3 is 2.17 bits per heavy atom. The molecule has 0 bridgehead atoms. The van der Waals surface area contributed by atoms with Gasteiger partial charge in [-0.2, -0.15) is 0 Å². The first-order valence-corrected chi connectivity index (χ1v) is 8.38. The molecule has 1 aliphatic heterocycles. The van der Waals surface area contributed by atoms with Gasteiger partial charge < -0.3 is 14.2 Å². The molecule has 0 spiro atoms. The molecular formula is C20H23NO3. The van der Waals surface area contributed by atoms with Gasteiger partial charge in [0.1, 0.15) is 18.1 Å². The van der Waals surface area contributed by atoms with Gasteiger partial charge in [0.2, 0.25) is 0 Å². The summed E-state index contributed by atoms with van der Waals surface area (Å²) >= 11 is 0. The molecule has 0 N–H and O–H groups in total. The van der Waals surface area contributed by atoms with E-state index in [4.69, 9.17) is 14.2 Å². The van der Waals surface area contributed by atoms with Crippen LogP contribution in [-0.2, 0) is 4.74 Å². The summed E-state index contributed by atoms with van der Waals surface area (Å²) in [7, 11) is 1.68. The maximum Gasteiger partial charge on any atom is 0.183 e. The summed E-state index contributed by atoms with van der Waals surface area (Å²) in [5.74, 6) is 2.67. The third-order valence-corrected chi connectivity index (χ3v) is 3.98. The minimum atomic E-state index is 0.717. The van der Waals surface area contributed by atoms with E-state index in [9.17, 15) is 0 Å². The lowest BCUT2D eigenvalue weighted by atomic mass is 10.1. The molecular weight excluding hydrogens is 302 g/mol. The average molecular weight is 325 g/mol. The molecule has 0 unspecified atom stereocenters. The lowest BCUT2D eigenvalue weighted by Gasteiger charge is -2.08. The van der Waals surface area contributed by atoms with Crippen molar-refractivity contribution in [2.75, 3.05) is 26.9 Å². The SMILES string of the molecule is COc1ccc(-c2ccc(OCCCCC3=NCCO3)cc2)cc1. The van der Waals surface area contributed by atoms with Crippen molar-refractivity contribution in [3.8, 4) is 22.6 Å². The predicted molar refractivity (Wildman–Crippen MR) is 96.0 cm³/mol. The zero-order valence-electron chi connectivity index (χ0n) is 14.0. The van der Waals surface area contributed by atoms with Crippen molar-refractivity contribution < 1.29 is 14.2 Å². The highest BCUT2D eigenvalue weighted by Crippen LogP contribution is 2.24. The quantitative estimate of drug-likeness (QED) is 0.678. The van der Waals surface area contributed by atoms with Crippen LogP contribution in [0.5, 0.6) is 11.5 Å². The van der Waals surface area contributed by atoms with E-state index in [1.54, 1.807) is 7.11 Å². The number of unbranched alkanes of at least 4 members (excludes halogenated alkanes) is 1. The molecule has 0 amide bonds. The minimum Gasteiger partial charge on any atom is -0.497 e. The molecule has 126 valence electrons. The summed E-state index contributed by atoms with van der Waals surface area (Å²) in [4.78, 5) is 4.29. The van der Waals surface area contributed by atoms with Crippen LogP contribution in [0, 0.1) is 0 Å². The van der Waals surface area contributed by atoms with Crippen molar-refractivity contribution in [1.82, 2.24) is 0 Å². The van der Waals surface area contributed by atoms with E-state index < -0.39 is 0 Å². The second kappa shape index (κ2) is 8.39. The summed E-state index contributed by atoms with van der Waals surface area (Å²) in [5.41, 5.74) is 2.33. The van der Waals surface area contributed by atoms with Crippen molar-refractivity contribution in [3.63, 3.8) is 0 Å². The van der Waals surface area contributed by atoms with Gasteiger partial charge in [-0.25, -0.2) is 0 Å². The number of hydrogen-bond donors (Lipinski definition) is 0. The summed E-state index contributed by atoms with van der Waals surface area (Å²) in [6.07, 6.45) is 2.96. The van der Waals surface area contributed by atoms with Crippen LogP contribution in [0.25, 0.3) is 11.1 Å². The van der Waals surface area contributed by atoms with Gasteiger partial charge in [0.15, 0.2) is 5.90 Å². The predicted octanol–water partition coefficient (Wildman–Crippen LogP) is 4.34. The number of methoxy groups -OCH3 is 1. The fourth-order valence-corrected chi connectivity index (χ4v) is 2.63. The van der Waals surface area contributed by atoms with Crippen LogP contribution in [-0.4, -0.2) is 32.8 Å². The fourth-order valence-electron chi connectivity index (χ4n) is 2.63. The standard InChI is InChI=1S/C20H23NO3/c1-22-18-9-5-16(6-10-18)17-7-11-19(12-8-17)23-14-3-2-4-20-21-13-15-24-20/h5-12H,2-4,13-15H2,1H3. The third kappa shape index (κ3) is 4.51. The van der Waals surface area contributed by atoms with Gasteiger partial charge in [0.25, 0.3) is 0 Å². The highest BCUT2D eigenvalue weighted by atomic mass is 16.5. The van der Waals surface area contributed by atoms with Crippen LogP contribution in [0.1, 0.15) is 19.3 Å². The van der Waals surface area contributed by atoms with Crippen molar-refractivity contribution in [2.24, 2.45) is 4.99 Å². The van der Waals surface area contributed by atoms with E-state index >= 15 is 0 Å². The Balaban J connectivity index is 1.43. The van der Waals surface area contributed by atoms with Gasteiger partial charge in [0.05, 0.1) is 20.3 Å². The van der Waals surface area contributed by atoms with E-state index in [0.29, 0.717) is 0 Å². The first-order chi connectivity index (χ1) is 11.8. The number of benzene rings is 2. The van der Waals surface area contributed by atoms with E-state index in [1.807, 2.05) is 24.3 Å². The molecule has 2 aromatic rings.